The van der Waals surface area contributed by atoms with Crippen LogP contribution in [0.4, 0.5) is 11.4 Å². The average Bonchev–Trinajstić information content (AvgIpc) is 2.73. The number of hydrogen-bond acceptors (Lipinski definition) is 4. The summed E-state index contributed by atoms with van der Waals surface area (Å²) < 4.78 is 32.7. The highest BCUT2D eigenvalue weighted by Crippen LogP contribution is 2.27. The van der Waals surface area contributed by atoms with Gasteiger partial charge >= 0.3 is 0 Å². The third-order valence-electron chi connectivity index (χ3n) is 4.66. The Morgan fingerprint density at radius 1 is 0.968 bits per heavy atom. The van der Waals surface area contributed by atoms with E-state index in [9.17, 15) is 13.2 Å². The first kappa shape index (κ1) is 22.4. The molecule has 0 bridgehead atoms. The number of anilines is 2. The van der Waals surface area contributed by atoms with Gasteiger partial charge in [-0.15, -0.1) is 0 Å². The lowest BCUT2D eigenvalue weighted by molar-refractivity contribution is 0.102. The molecule has 0 saturated carbocycles. The van der Waals surface area contributed by atoms with E-state index in [1.54, 1.807) is 67.6 Å². The van der Waals surface area contributed by atoms with Crippen molar-refractivity contribution in [1.29, 1.82) is 0 Å². The van der Waals surface area contributed by atoms with Gasteiger partial charge in [0, 0.05) is 24.4 Å². The Hall–Kier alpha value is -3.32. The molecule has 3 aromatic rings. The van der Waals surface area contributed by atoms with E-state index < -0.39 is 10.0 Å². The largest absolute Gasteiger partial charge is 0.491 e. The molecule has 31 heavy (non-hydrogen) atoms. The number of hydrogen-bond donors (Lipinski definition) is 1. The van der Waals surface area contributed by atoms with E-state index in [0.29, 0.717) is 28.3 Å². The smallest absolute Gasteiger partial charge is 0.264 e. The highest BCUT2D eigenvalue weighted by Gasteiger charge is 2.22. The van der Waals surface area contributed by atoms with Gasteiger partial charge in [-0.1, -0.05) is 24.3 Å². The van der Waals surface area contributed by atoms with Crippen LogP contribution in [-0.2, 0) is 10.0 Å². The molecule has 0 saturated heterocycles. The first-order valence-electron chi connectivity index (χ1n) is 9.91. The molecule has 0 heterocycles. The second kappa shape index (κ2) is 9.22. The van der Waals surface area contributed by atoms with E-state index in [2.05, 4.69) is 5.32 Å². The highest BCUT2D eigenvalue weighted by atomic mass is 32.2. The molecule has 0 aromatic heterocycles. The first-order valence-corrected chi connectivity index (χ1v) is 11.3. The summed E-state index contributed by atoms with van der Waals surface area (Å²) in [6, 6.07) is 20.4. The minimum absolute atomic E-state index is 0.0327. The van der Waals surface area contributed by atoms with Crippen molar-refractivity contribution in [2.24, 2.45) is 0 Å². The predicted molar refractivity (Wildman–Crippen MR) is 123 cm³/mol. The van der Waals surface area contributed by atoms with Crippen LogP contribution in [0, 0.1) is 6.92 Å². The minimum atomic E-state index is -3.69. The van der Waals surface area contributed by atoms with Crippen molar-refractivity contribution in [3.05, 3.63) is 83.9 Å². The maximum atomic E-state index is 12.9. The molecule has 7 heteroatoms. The summed E-state index contributed by atoms with van der Waals surface area (Å²) in [6.07, 6.45) is 0.0327. The van der Waals surface area contributed by atoms with Gasteiger partial charge in [0.25, 0.3) is 15.9 Å². The lowest BCUT2D eigenvalue weighted by atomic mass is 10.1. The fraction of sp³-hybridized carbons (Fsp3) is 0.208. The molecule has 0 spiro atoms. The Bertz CT molecular complexity index is 1180. The number of sulfonamides is 1. The van der Waals surface area contributed by atoms with E-state index in [-0.39, 0.29) is 16.9 Å². The van der Waals surface area contributed by atoms with Gasteiger partial charge < -0.3 is 10.1 Å². The number of carbonyl (C=O) groups excluding carboxylic acids is 1. The van der Waals surface area contributed by atoms with Gasteiger partial charge in [0.15, 0.2) is 0 Å². The van der Waals surface area contributed by atoms with Gasteiger partial charge in [-0.05, 0) is 68.8 Å². The van der Waals surface area contributed by atoms with Crippen LogP contribution in [-0.4, -0.2) is 27.5 Å². The van der Waals surface area contributed by atoms with E-state index in [1.165, 1.54) is 11.4 Å². The molecule has 0 aliphatic rings. The molecule has 1 N–H and O–H groups in total. The SMILES string of the molecule is Cc1cc(C(=O)Nc2cccc(OC(C)C)c2)ccc1N(C)S(=O)(=O)c1ccccc1. The van der Waals surface area contributed by atoms with Crippen LogP contribution in [0.1, 0.15) is 29.8 Å². The van der Waals surface area contributed by atoms with Gasteiger partial charge in [-0.25, -0.2) is 8.42 Å². The summed E-state index contributed by atoms with van der Waals surface area (Å²) in [4.78, 5) is 12.9. The number of rotatable bonds is 7. The number of ether oxygens (including phenoxy) is 1. The normalized spacial score (nSPS) is 11.3. The fourth-order valence-corrected chi connectivity index (χ4v) is 4.43. The van der Waals surface area contributed by atoms with E-state index in [0.717, 1.165) is 0 Å². The lowest BCUT2D eigenvalue weighted by Crippen LogP contribution is -2.27. The Kier molecular flexibility index (Phi) is 6.65. The van der Waals surface area contributed by atoms with Crippen LogP contribution in [0.2, 0.25) is 0 Å². The molecule has 0 radical (unpaired) electrons. The maximum Gasteiger partial charge on any atom is 0.264 e. The number of amides is 1. The predicted octanol–water partition coefficient (Wildman–Crippen LogP) is 4.86. The van der Waals surface area contributed by atoms with Gasteiger partial charge in [0.2, 0.25) is 0 Å². The van der Waals surface area contributed by atoms with Crippen molar-refractivity contribution in [3.8, 4) is 5.75 Å². The lowest BCUT2D eigenvalue weighted by Gasteiger charge is -2.22. The number of aryl methyl sites for hydroxylation is 1. The molecule has 1 amide bonds. The van der Waals surface area contributed by atoms with Crippen LogP contribution >= 0.6 is 0 Å². The van der Waals surface area contributed by atoms with Crippen LogP contribution in [0.3, 0.4) is 0 Å². The summed E-state index contributed by atoms with van der Waals surface area (Å²) in [5.74, 6) is 0.386. The second-order valence-electron chi connectivity index (χ2n) is 7.44. The van der Waals surface area contributed by atoms with Gasteiger partial charge in [-0.2, -0.15) is 0 Å². The summed E-state index contributed by atoms with van der Waals surface area (Å²) in [7, 11) is -2.19. The highest BCUT2D eigenvalue weighted by molar-refractivity contribution is 7.92. The van der Waals surface area contributed by atoms with Gasteiger partial charge in [0.1, 0.15) is 5.75 Å². The number of nitrogens with one attached hydrogen (secondary N) is 1. The fourth-order valence-electron chi connectivity index (χ4n) is 3.15. The quantitative estimate of drug-likeness (QED) is 0.572. The molecule has 6 nitrogen and oxygen atoms in total. The molecular formula is C24H26N2O4S. The standard InChI is InChI=1S/C24H26N2O4S/c1-17(2)30-21-10-8-9-20(16-21)25-24(27)19-13-14-23(18(3)15-19)26(4)31(28,29)22-11-6-5-7-12-22/h5-17H,1-4H3,(H,25,27). The van der Waals surface area contributed by atoms with Crippen molar-refractivity contribution < 1.29 is 17.9 Å². The Balaban J connectivity index is 1.80. The molecule has 162 valence electrons. The van der Waals surface area contributed by atoms with E-state index >= 15 is 0 Å². The zero-order valence-electron chi connectivity index (χ0n) is 18.0. The molecule has 3 rings (SSSR count). The minimum Gasteiger partial charge on any atom is -0.491 e. The third-order valence-corrected chi connectivity index (χ3v) is 6.45. The zero-order chi connectivity index (χ0) is 22.6. The average molecular weight is 439 g/mol. The Morgan fingerprint density at radius 3 is 2.32 bits per heavy atom. The van der Waals surface area contributed by atoms with Crippen molar-refractivity contribution in [2.75, 3.05) is 16.7 Å². The van der Waals surface area contributed by atoms with Crippen LogP contribution in [0.25, 0.3) is 0 Å². The summed E-state index contributed by atoms with van der Waals surface area (Å²) in [5.41, 5.74) is 2.23. The third kappa shape index (κ3) is 5.24. The van der Waals surface area contributed by atoms with Crippen molar-refractivity contribution >= 4 is 27.3 Å². The topological polar surface area (TPSA) is 75.7 Å². The number of nitrogens with zero attached hydrogens (tertiary/aromatic N) is 1. The molecule has 3 aromatic carbocycles. The first-order chi connectivity index (χ1) is 14.7. The van der Waals surface area contributed by atoms with Gasteiger partial charge in [-0.3, -0.25) is 9.10 Å². The Labute approximate surface area is 183 Å². The van der Waals surface area contributed by atoms with Crippen molar-refractivity contribution in [1.82, 2.24) is 0 Å². The van der Waals surface area contributed by atoms with Crippen LogP contribution in [0.15, 0.2) is 77.7 Å². The van der Waals surface area contributed by atoms with E-state index in [4.69, 9.17) is 4.74 Å². The number of carbonyl (C=O) groups is 1. The van der Waals surface area contributed by atoms with Crippen molar-refractivity contribution in [3.63, 3.8) is 0 Å². The van der Waals surface area contributed by atoms with Crippen molar-refractivity contribution in [2.45, 2.75) is 31.8 Å². The van der Waals surface area contributed by atoms with Crippen LogP contribution in [0.5, 0.6) is 5.75 Å². The van der Waals surface area contributed by atoms with Crippen LogP contribution < -0.4 is 14.4 Å². The molecule has 0 atom stereocenters. The Morgan fingerprint density at radius 2 is 1.68 bits per heavy atom. The summed E-state index contributed by atoms with van der Waals surface area (Å²) in [6.45, 7) is 5.65. The molecule has 0 aliphatic heterocycles. The maximum absolute atomic E-state index is 12.9. The molecule has 0 fully saturated rings. The monoisotopic (exact) mass is 438 g/mol. The number of benzene rings is 3. The zero-order valence-corrected chi connectivity index (χ0v) is 18.8. The second-order valence-corrected chi connectivity index (χ2v) is 9.40. The summed E-state index contributed by atoms with van der Waals surface area (Å²) >= 11 is 0. The molecule has 0 aliphatic carbocycles. The van der Waals surface area contributed by atoms with E-state index in [1.807, 2.05) is 26.0 Å². The summed E-state index contributed by atoms with van der Waals surface area (Å²) in [5, 5.41) is 2.85. The molecular weight excluding hydrogens is 412 g/mol. The van der Waals surface area contributed by atoms with Gasteiger partial charge in [0.05, 0.1) is 16.7 Å². The molecule has 0 unspecified atom stereocenters.